The van der Waals surface area contributed by atoms with Gasteiger partial charge < -0.3 is 14.6 Å². The van der Waals surface area contributed by atoms with Crippen LogP contribution in [-0.4, -0.2) is 20.6 Å². The molecule has 1 unspecified atom stereocenters. The lowest BCUT2D eigenvalue weighted by Crippen LogP contribution is -2.30. The lowest BCUT2D eigenvalue weighted by molar-refractivity contribution is 0.453. The molecule has 0 spiro atoms. The van der Waals surface area contributed by atoms with Gasteiger partial charge in [0, 0.05) is 24.7 Å². The molecular weight excluding hydrogens is 260 g/mol. The first kappa shape index (κ1) is 13.7. The maximum atomic E-state index is 5.97. The standard InChI is InChI=1S/C18H20N2O/c1-19-16(13-20(2)15-9-4-3-5-10-15)18-12-14-8-6-7-11-17(14)21-18/h3-12,16,19H,13H2,1-2H3. The Labute approximate surface area is 125 Å². The summed E-state index contributed by atoms with van der Waals surface area (Å²) in [4.78, 5) is 2.23. The molecule has 21 heavy (non-hydrogen) atoms. The molecule has 3 nitrogen and oxygen atoms in total. The lowest BCUT2D eigenvalue weighted by atomic mass is 10.2. The highest BCUT2D eigenvalue weighted by Crippen LogP contribution is 2.25. The summed E-state index contributed by atoms with van der Waals surface area (Å²) in [6.45, 7) is 0.848. The number of nitrogens with one attached hydrogen (secondary N) is 1. The second-order valence-electron chi connectivity index (χ2n) is 5.24. The Balaban J connectivity index is 1.81. The van der Waals surface area contributed by atoms with Gasteiger partial charge >= 0.3 is 0 Å². The molecule has 1 N–H and O–H groups in total. The number of hydrogen-bond donors (Lipinski definition) is 1. The minimum atomic E-state index is 0.155. The van der Waals surface area contributed by atoms with Gasteiger partial charge in [-0.3, -0.25) is 0 Å². The SMILES string of the molecule is CNC(CN(C)c1ccccc1)c1cc2ccccc2o1. The number of benzene rings is 2. The molecule has 3 aromatic rings. The van der Waals surface area contributed by atoms with Crippen LogP contribution in [-0.2, 0) is 0 Å². The van der Waals surface area contributed by atoms with Crippen LogP contribution in [0.2, 0.25) is 0 Å². The molecule has 108 valence electrons. The van der Waals surface area contributed by atoms with Crippen molar-refractivity contribution in [1.29, 1.82) is 0 Å². The summed E-state index contributed by atoms with van der Waals surface area (Å²) in [6.07, 6.45) is 0. The van der Waals surface area contributed by atoms with Crippen molar-refractivity contribution in [2.24, 2.45) is 0 Å². The fraction of sp³-hybridized carbons (Fsp3) is 0.222. The molecule has 0 bridgehead atoms. The molecule has 3 heteroatoms. The van der Waals surface area contributed by atoms with Crippen LogP contribution in [0, 0.1) is 0 Å². The van der Waals surface area contributed by atoms with E-state index < -0.39 is 0 Å². The van der Waals surface area contributed by atoms with Crippen molar-refractivity contribution in [1.82, 2.24) is 5.32 Å². The fourth-order valence-corrected chi connectivity index (χ4v) is 2.56. The van der Waals surface area contributed by atoms with E-state index in [2.05, 4.69) is 53.7 Å². The third-order valence-electron chi connectivity index (χ3n) is 3.79. The topological polar surface area (TPSA) is 28.4 Å². The van der Waals surface area contributed by atoms with E-state index in [4.69, 9.17) is 4.42 Å². The first-order chi connectivity index (χ1) is 10.3. The summed E-state index contributed by atoms with van der Waals surface area (Å²) < 4.78 is 5.97. The Kier molecular flexibility index (Phi) is 3.93. The number of nitrogens with zero attached hydrogens (tertiary/aromatic N) is 1. The number of furan rings is 1. The van der Waals surface area contributed by atoms with E-state index in [1.807, 2.05) is 31.3 Å². The first-order valence-electron chi connectivity index (χ1n) is 7.20. The Morgan fingerprint density at radius 2 is 1.76 bits per heavy atom. The molecule has 0 aliphatic heterocycles. The monoisotopic (exact) mass is 280 g/mol. The van der Waals surface area contributed by atoms with Crippen LogP contribution in [0.25, 0.3) is 11.0 Å². The van der Waals surface area contributed by atoms with Crippen molar-refractivity contribution in [3.8, 4) is 0 Å². The second kappa shape index (κ2) is 6.02. The normalized spacial score (nSPS) is 12.5. The van der Waals surface area contributed by atoms with Gasteiger partial charge in [-0.1, -0.05) is 36.4 Å². The molecule has 1 aromatic heterocycles. The smallest absolute Gasteiger partial charge is 0.134 e. The molecule has 2 aromatic carbocycles. The minimum Gasteiger partial charge on any atom is -0.459 e. The summed E-state index contributed by atoms with van der Waals surface area (Å²) in [5.41, 5.74) is 2.14. The molecule has 1 heterocycles. The molecule has 0 saturated heterocycles. The largest absolute Gasteiger partial charge is 0.459 e. The molecule has 0 saturated carbocycles. The lowest BCUT2D eigenvalue weighted by Gasteiger charge is -2.24. The third kappa shape index (κ3) is 2.93. The third-order valence-corrected chi connectivity index (χ3v) is 3.79. The molecule has 3 rings (SSSR count). The van der Waals surface area contributed by atoms with E-state index >= 15 is 0 Å². The van der Waals surface area contributed by atoms with Gasteiger partial charge in [-0.25, -0.2) is 0 Å². The summed E-state index contributed by atoms with van der Waals surface area (Å²) in [6, 6.07) is 20.8. The second-order valence-corrected chi connectivity index (χ2v) is 5.24. The zero-order valence-corrected chi connectivity index (χ0v) is 12.4. The number of rotatable bonds is 5. The number of fused-ring (bicyclic) bond motifs is 1. The van der Waals surface area contributed by atoms with Crippen LogP contribution in [0.1, 0.15) is 11.8 Å². The van der Waals surface area contributed by atoms with Gasteiger partial charge in [-0.2, -0.15) is 0 Å². The van der Waals surface area contributed by atoms with Crippen LogP contribution < -0.4 is 10.2 Å². The van der Waals surface area contributed by atoms with Gasteiger partial charge in [0.15, 0.2) is 0 Å². The first-order valence-corrected chi connectivity index (χ1v) is 7.20. The number of para-hydroxylation sites is 2. The Morgan fingerprint density at radius 1 is 1.05 bits per heavy atom. The van der Waals surface area contributed by atoms with E-state index in [9.17, 15) is 0 Å². The van der Waals surface area contributed by atoms with Crippen molar-refractivity contribution in [3.05, 3.63) is 66.4 Å². The van der Waals surface area contributed by atoms with Crippen molar-refractivity contribution < 1.29 is 4.42 Å². The maximum Gasteiger partial charge on any atom is 0.134 e. The van der Waals surface area contributed by atoms with Crippen molar-refractivity contribution in [2.45, 2.75) is 6.04 Å². The van der Waals surface area contributed by atoms with Crippen LogP contribution in [0.3, 0.4) is 0 Å². The molecular formula is C18H20N2O. The molecule has 0 aliphatic rings. The molecule has 0 aliphatic carbocycles. The van der Waals surface area contributed by atoms with E-state index in [-0.39, 0.29) is 6.04 Å². The van der Waals surface area contributed by atoms with E-state index in [0.29, 0.717) is 0 Å². The van der Waals surface area contributed by atoms with Gasteiger partial charge in [-0.05, 0) is 31.3 Å². The van der Waals surface area contributed by atoms with Gasteiger partial charge in [0.1, 0.15) is 11.3 Å². The average molecular weight is 280 g/mol. The van der Waals surface area contributed by atoms with E-state index in [0.717, 1.165) is 23.3 Å². The van der Waals surface area contributed by atoms with Gasteiger partial charge in [0.05, 0.1) is 6.04 Å². The number of anilines is 1. The molecule has 0 fully saturated rings. The van der Waals surface area contributed by atoms with E-state index in [1.54, 1.807) is 0 Å². The van der Waals surface area contributed by atoms with Crippen LogP contribution in [0.15, 0.2) is 65.1 Å². The van der Waals surface area contributed by atoms with Crippen molar-refractivity contribution >= 4 is 16.7 Å². The number of likely N-dealkylation sites (N-methyl/N-ethyl adjacent to an activating group) is 2. The maximum absolute atomic E-state index is 5.97. The quantitative estimate of drug-likeness (QED) is 0.770. The van der Waals surface area contributed by atoms with Crippen molar-refractivity contribution in [3.63, 3.8) is 0 Å². The molecule has 0 radical (unpaired) electrons. The van der Waals surface area contributed by atoms with Crippen LogP contribution in [0.4, 0.5) is 5.69 Å². The fourth-order valence-electron chi connectivity index (χ4n) is 2.56. The highest BCUT2D eigenvalue weighted by Gasteiger charge is 2.16. The summed E-state index contributed by atoms with van der Waals surface area (Å²) >= 11 is 0. The van der Waals surface area contributed by atoms with Crippen molar-refractivity contribution in [2.75, 3.05) is 25.5 Å². The Bertz CT molecular complexity index is 672. The Hall–Kier alpha value is -2.26. The number of hydrogen-bond acceptors (Lipinski definition) is 3. The Morgan fingerprint density at radius 3 is 2.48 bits per heavy atom. The minimum absolute atomic E-state index is 0.155. The zero-order chi connectivity index (χ0) is 14.7. The van der Waals surface area contributed by atoms with Crippen LogP contribution in [0.5, 0.6) is 0 Å². The highest BCUT2D eigenvalue weighted by molar-refractivity contribution is 5.77. The molecule has 1 atom stereocenters. The van der Waals surface area contributed by atoms with Gasteiger partial charge in [0.25, 0.3) is 0 Å². The molecule has 0 amide bonds. The zero-order valence-electron chi connectivity index (χ0n) is 12.4. The average Bonchev–Trinajstić information content (AvgIpc) is 2.97. The van der Waals surface area contributed by atoms with E-state index in [1.165, 1.54) is 5.69 Å². The predicted octanol–water partition coefficient (Wildman–Crippen LogP) is 3.83. The highest BCUT2D eigenvalue weighted by atomic mass is 16.3. The van der Waals surface area contributed by atoms with Crippen LogP contribution >= 0.6 is 0 Å². The summed E-state index contributed by atoms with van der Waals surface area (Å²) in [7, 11) is 4.07. The van der Waals surface area contributed by atoms with Gasteiger partial charge in [0.2, 0.25) is 0 Å². The van der Waals surface area contributed by atoms with Gasteiger partial charge in [-0.15, -0.1) is 0 Å². The summed E-state index contributed by atoms with van der Waals surface area (Å²) in [5, 5.41) is 4.49. The predicted molar refractivity (Wildman–Crippen MR) is 87.7 cm³/mol. The summed E-state index contributed by atoms with van der Waals surface area (Å²) in [5.74, 6) is 0.974.